The molecule has 1 amide bonds. The van der Waals surface area contributed by atoms with Crippen molar-refractivity contribution in [2.75, 3.05) is 11.9 Å². The van der Waals surface area contributed by atoms with E-state index >= 15 is 0 Å². The number of hydrogen-bond acceptors (Lipinski definition) is 4. The van der Waals surface area contributed by atoms with Gasteiger partial charge in [0.05, 0.1) is 5.02 Å². The lowest BCUT2D eigenvalue weighted by Gasteiger charge is -2.16. The maximum Gasteiger partial charge on any atom is 0.347 e. The molecule has 0 unspecified atom stereocenters. The van der Waals surface area contributed by atoms with Gasteiger partial charge in [0.25, 0.3) is 5.91 Å². The molecule has 144 valence electrons. The molecule has 27 heavy (non-hydrogen) atoms. The number of anilines is 1. The smallest absolute Gasteiger partial charge is 0.347 e. The summed E-state index contributed by atoms with van der Waals surface area (Å²) in [6.45, 7) is 5.17. The summed E-state index contributed by atoms with van der Waals surface area (Å²) in [4.78, 5) is 24.2. The Morgan fingerprint density at radius 3 is 2.44 bits per heavy atom. The van der Waals surface area contributed by atoms with E-state index < -0.39 is 24.6 Å². The predicted molar refractivity (Wildman–Crippen MR) is 107 cm³/mol. The Balaban J connectivity index is 1.88. The summed E-state index contributed by atoms with van der Waals surface area (Å²) in [5, 5.41) is 3.50. The van der Waals surface area contributed by atoms with Crippen molar-refractivity contribution in [3.8, 4) is 5.75 Å². The monoisotopic (exact) mass is 409 g/mol. The van der Waals surface area contributed by atoms with Gasteiger partial charge in [0, 0.05) is 10.7 Å². The lowest BCUT2D eigenvalue weighted by atomic mass is 10.0. The van der Waals surface area contributed by atoms with Crippen LogP contribution in [-0.4, -0.2) is 24.6 Å². The zero-order valence-electron chi connectivity index (χ0n) is 15.3. The molecular weight excluding hydrogens is 389 g/mol. The number of benzene rings is 2. The number of rotatable bonds is 7. The number of hydrogen-bond donors (Lipinski definition) is 1. The van der Waals surface area contributed by atoms with Crippen molar-refractivity contribution in [1.82, 2.24) is 0 Å². The molecule has 5 nitrogen and oxygen atoms in total. The summed E-state index contributed by atoms with van der Waals surface area (Å²) in [5.41, 5.74) is 1.71. The minimum atomic E-state index is -0.931. The number of nitrogens with one attached hydrogen (secondary N) is 1. The fourth-order valence-corrected chi connectivity index (χ4v) is 2.82. The van der Waals surface area contributed by atoms with Crippen LogP contribution in [0.15, 0.2) is 42.5 Å². The molecule has 0 aliphatic carbocycles. The van der Waals surface area contributed by atoms with Crippen LogP contribution >= 0.6 is 23.2 Å². The van der Waals surface area contributed by atoms with E-state index in [4.69, 9.17) is 32.7 Å². The number of para-hydroxylation sites is 1. The van der Waals surface area contributed by atoms with E-state index in [1.807, 2.05) is 38.1 Å². The van der Waals surface area contributed by atoms with Crippen LogP contribution in [0.2, 0.25) is 10.0 Å². The van der Waals surface area contributed by atoms with Gasteiger partial charge in [-0.3, -0.25) is 4.79 Å². The fourth-order valence-electron chi connectivity index (χ4n) is 2.36. The second kappa shape index (κ2) is 9.62. The molecule has 2 aromatic rings. The van der Waals surface area contributed by atoms with Crippen LogP contribution in [0.1, 0.15) is 32.3 Å². The molecule has 0 heterocycles. The van der Waals surface area contributed by atoms with E-state index in [1.54, 1.807) is 12.1 Å². The Hall–Kier alpha value is -2.24. The van der Waals surface area contributed by atoms with Gasteiger partial charge in [-0.2, -0.15) is 0 Å². The Morgan fingerprint density at radius 2 is 1.78 bits per heavy atom. The first kappa shape index (κ1) is 21.1. The zero-order valence-corrected chi connectivity index (χ0v) is 16.8. The van der Waals surface area contributed by atoms with E-state index in [0.717, 1.165) is 5.56 Å². The topological polar surface area (TPSA) is 64.6 Å². The fraction of sp³-hybridized carbons (Fsp3) is 0.300. The van der Waals surface area contributed by atoms with Crippen molar-refractivity contribution in [1.29, 1.82) is 0 Å². The number of carbonyl (C=O) groups excluding carboxylic acids is 2. The first-order valence-corrected chi connectivity index (χ1v) is 9.20. The molecule has 0 aliphatic rings. The summed E-state index contributed by atoms with van der Waals surface area (Å²) in [6.07, 6.45) is -0.931. The highest BCUT2D eigenvalue weighted by Gasteiger charge is 2.19. The molecule has 0 bridgehead atoms. The largest absolute Gasteiger partial charge is 0.477 e. The standard InChI is InChI=1S/C20H21Cl2NO4/c1-12(2)15-6-4-5-7-17(15)23-19(24)11-26-20(25)13(3)27-18-9-8-14(21)10-16(18)22/h4-10,12-13H,11H2,1-3H3,(H,23,24)/t13-/m1/s1. The third kappa shape index (κ3) is 6.15. The molecule has 1 N–H and O–H groups in total. The summed E-state index contributed by atoms with van der Waals surface area (Å²) < 4.78 is 10.5. The van der Waals surface area contributed by atoms with Crippen LogP contribution in [0.25, 0.3) is 0 Å². The molecule has 7 heteroatoms. The van der Waals surface area contributed by atoms with Crippen molar-refractivity contribution < 1.29 is 19.1 Å². The highest BCUT2D eigenvalue weighted by molar-refractivity contribution is 6.35. The number of halogens is 2. The minimum absolute atomic E-state index is 0.251. The van der Waals surface area contributed by atoms with Gasteiger partial charge in [0.15, 0.2) is 12.7 Å². The first-order chi connectivity index (χ1) is 12.8. The number of amides is 1. The van der Waals surface area contributed by atoms with Crippen molar-refractivity contribution in [3.63, 3.8) is 0 Å². The summed E-state index contributed by atoms with van der Waals surface area (Å²) in [6, 6.07) is 12.2. The van der Waals surface area contributed by atoms with Crippen LogP contribution in [0, 0.1) is 0 Å². The molecular formula is C20H21Cl2NO4. The van der Waals surface area contributed by atoms with Gasteiger partial charge in [-0.25, -0.2) is 4.79 Å². The van der Waals surface area contributed by atoms with Gasteiger partial charge in [0.1, 0.15) is 5.75 Å². The number of esters is 1. The maximum atomic E-state index is 12.1. The zero-order chi connectivity index (χ0) is 20.0. The van der Waals surface area contributed by atoms with Crippen molar-refractivity contribution >= 4 is 40.8 Å². The molecule has 1 atom stereocenters. The van der Waals surface area contributed by atoms with Gasteiger partial charge in [-0.1, -0.05) is 55.2 Å². The Kier molecular flexibility index (Phi) is 7.51. The molecule has 2 aromatic carbocycles. The van der Waals surface area contributed by atoms with Gasteiger partial charge >= 0.3 is 5.97 Å². The average molecular weight is 410 g/mol. The Bertz CT molecular complexity index is 823. The van der Waals surface area contributed by atoms with Gasteiger partial charge in [-0.15, -0.1) is 0 Å². The molecule has 0 spiro atoms. The Labute approximate surface area is 168 Å². The van der Waals surface area contributed by atoms with Gasteiger partial charge in [-0.05, 0) is 42.7 Å². The second-order valence-corrected chi connectivity index (χ2v) is 7.08. The van der Waals surface area contributed by atoms with Gasteiger partial charge < -0.3 is 14.8 Å². The SMILES string of the molecule is CC(C)c1ccccc1NC(=O)COC(=O)[C@@H](C)Oc1ccc(Cl)cc1Cl. The van der Waals surface area contributed by atoms with E-state index in [-0.39, 0.29) is 10.9 Å². The van der Waals surface area contributed by atoms with Crippen LogP contribution in [0.3, 0.4) is 0 Å². The molecule has 0 saturated carbocycles. The normalized spacial score (nSPS) is 11.8. The molecule has 0 radical (unpaired) electrons. The average Bonchev–Trinajstić information content (AvgIpc) is 2.62. The first-order valence-electron chi connectivity index (χ1n) is 8.45. The van der Waals surface area contributed by atoms with E-state index in [2.05, 4.69) is 5.32 Å². The second-order valence-electron chi connectivity index (χ2n) is 6.23. The third-order valence-electron chi connectivity index (χ3n) is 3.73. The molecule has 2 rings (SSSR count). The molecule has 0 aliphatic heterocycles. The highest BCUT2D eigenvalue weighted by Crippen LogP contribution is 2.28. The van der Waals surface area contributed by atoms with Crippen LogP contribution < -0.4 is 10.1 Å². The number of carbonyl (C=O) groups is 2. The minimum Gasteiger partial charge on any atom is -0.477 e. The van der Waals surface area contributed by atoms with Crippen molar-refractivity contribution in [3.05, 3.63) is 58.1 Å². The number of ether oxygens (including phenoxy) is 2. The molecule has 0 fully saturated rings. The van der Waals surface area contributed by atoms with Crippen LogP contribution in [0.5, 0.6) is 5.75 Å². The van der Waals surface area contributed by atoms with Crippen LogP contribution in [0.4, 0.5) is 5.69 Å². The summed E-state index contributed by atoms with van der Waals surface area (Å²) in [5.74, 6) is -0.538. The van der Waals surface area contributed by atoms with Gasteiger partial charge in [0.2, 0.25) is 0 Å². The van der Waals surface area contributed by atoms with Crippen LogP contribution in [-0.2, 0) is 14.3 Å². The maximum absolute atomic E-state index is 12.1. The summed E-state index contributed by atoms with van der Waals surface area (Å²) >= 11 is 11.8. The van der Waals surface area contributed by atoms with Crippen molar-refractivity contribution in [2.24, 2.45) is 0 Å². The Morgan fingerprint density at radius 1 is 1.07 bits per heavy atom. The molecule has 0 aromatic heterocycles. The lowest BCUT2D eigenvalue weighted by molar-refractivity contribution is -0.153. The van der Waals surface area contributed by atoms with E-state index in [1.165, 1.54) is 13.0 Å². The highest BCUT2D eigenvalue weighted by atomic mass is 35.5. The van der Waals surface area contributed by atoms with E-state index in [0.29, 0.717) is 16.5 Å². The van der Waals surface area contributed by atoms with Crippen molar-refractivity contribution in [2.45, 2.75) is 32.8 Å². The lowest BCUT2D eigenvalue weighted by Crippen LogP contribution is -2.30. The predicted octanol–water partition coefficient (Wildman–Crippen LogP) is 5.07. The quantitative estimate of drug-likeness (QED) is 0.648. The van der Waals surface area contributed by atoms with E-state index in [9.17, 15) is 9.59 Å². The summed E-state index contributed by atoms with van der Waals surface area (Å²) in [7, 11) is 0. The third-order valence-corrected chi connectivity index (χ3v) is 4.26. The molecule has 0 saturated heterocycles.